The monoisotopic (exact) mass is 305 g/mol. The average molecular weight is 305 g/mol. The van der Waals surface area contributed by atoms with Crippen LogP contribution in [-0.2, 0) is 6.42 Å². The summed E-state index contributed by atoms with van der Waals surface area (Å²) in [4.78, 5) is 0.277. The molecule has 0 aromatic heterocycles. The molecule has 0 heterocycles. The van der Waals surface area contributed by atoms with Crippen LogP contribution in [0.3, 0.4) is 0 Å². The highest BCUT2D eigenvalue weighted by molar-refractivity contribution is 8.00. The van der Waals surface area contributed by atoms with E-state index in [1.165, 1.54) is 0 Å². The van der Waals surface area contributed by atoms with Gasteiger partial charge in [0.05, 0.1) is 0 Å². The molecule has 1 atom stereocenters. The van der Waals surface area contributed by atoms with Gasteiger partial charge in [0, 0.05) is 10.9 Å². The highest BCUT2D eigenvalue weighted by Gasteiger charge is 2.29. The van der Waals surface area contributed by atoms with Crippen LogP contribution in [0.4, 0.5) is 13.2 Å². The zero-order valence-corrected chi connectivity index (χ0v) is 12.9. The molecule has 0 amide bonds. The molecule has 0 aliphatic heterocycles. The van der Waals surface area contributed by atoms with Crippen LogP contribution in [-0.4, -0.2) is 11.6 Å². The largest absolute Gasteiger partial charge is 0.446 e. The fraction of sp³-hybridized carbons (Fsp3) is 0.600. The highest BCUT2D eigenvalue weighted by atomic mass is 32.2. The maximum atomic E-state index is 12.5. The smallest absolute Gasteiger partial charge is 0.328 e. The predicted octanol–water partition coefficient (Wildman–Crippen LogP) is 5.09. The molecule has 2 N–H and O–H groups in total. The molecular weight excluding hydrogens is 283 g/mol. The lowest BCUT2D eigenvalue weighted by molar-refractivity contribution is -0.0328. The molecule has 0 unspecified atom stereocenters. The standard InChI is InChI=1S/C15H22F3NS/c1-10(2)13-7-12(6-4-5-11(3)19)8-14(9-13)20-15(16,17)18/h7-11H,4-6,19H2,1-3H3/t11-/m0/s1. The lowest BCUT2D eigenvalue weighted by Crippen LogP contribution is -2.14. The van der Waals surface area contributed by atoms with E-state index < -0.39 is 5.51 Å². The number of alkyl halides is 3. The number of nitrogens with two attached hydrogens (primary N) is 1. The molecule has 0 bridgehead atoms. The first kappa shape index (κ1) is 17.4. The van der Waals surface area contributed by atoms with Crippen LogP contribution in [0.15, 0.2) is 23.1 Å². The summed E-state index contributed by atoms with van der Waals surface area (Å²) in [7, 11) is 0. The molecule has 0 aliphatic carbocycles. The van der Waals surface area contributed by atoms with Gasteiger partial charge in [0.25, 0.3) is 0 Å². The minimum Gasteiger partial charge on any atom is -0.328 e. The summed E-state index contributed by atoms with van der Waals surface area (Å²) in [6.07, 6.45) is 2.55. The Labute approximate surface area is 123 Å². The fourth-order valence-electron chi connectivity index (χ4n) is 1.98. The zero-order chi connectivity index (χ0) is 15.3. The Balaban J connectivity index is 2.87. The third-order valence-electron chi connectivity index (χ3n) is 3.01. The number of hydrogen-bond acceptors (Lipinski definition) is 2. The van der Waals surface area contributed by atoms with E-state index in [9.17, 15) is 13.2 Å². The van der Waals surface area contributed by atoms with Gasteiger partial charge in [0.15, 0.2) is 0 Å². The second-order valence-electron chi connectivity index (χ2n) is 5.48. The second-order valence-corrected chi connectivity index (χ2v) is 6.62. The van der Waals surface area contributed by atoms with Crippen molar-refractivity contribution in [3.63, 3.8) is 0 Å². The van der Waals surface area contributed by atoms with Crippen LogP contribution in [0, 0.1) is 0 Å². The van der Waals surface area contributed by atoms with Gasteiger partial charge in [0.1, 0.15) is 0 Å². The second kappa shape index (κ2) is 7.36. The van der Waals surface area contributed by atoms with Crippen molar-refractivity contribution in [1.29, 1.82) is 0 Å². The molecule has 0 saturated heterocycles. The minimum absolute atomic E-state index is 0.0385. The van der Waals surface area contributed by atoms with Crippen LogP contribution >= 0.6 is 11.8 Å². The predicted molar refractivity (Wildman–Crippen MR) is 79.0 cm³/mol. The molecule has 1 aromatic rings. The van der Waals surface area contributed by atoms with Crippen LogP contribution in [0.1, 0.15) is 50.7 Å². The van der Waals surface area contributed by atoms with Crippen LogP contribution in [0.2, 0.25) is 0 Å². The van der Waals surface area contributed by atoms with E-state index in [2.05, 4.69) is 0 Å². The Hall–Kier alpha value is -0.680. The summed E-state index contributed by atoms with van der Waals surface area (Å²) in [6.45, 7) is 5.92. The normalized spacial score (nSPS) is 13.8. The van der Waals surface area contributed by atoms with Gasteiger partial charge in [-0.2, -0.15) is 13.2 Å². The van der Waals surface area contributed by atoms with Gasteiger partial charge < -0.3 is 5.73 Å². The highest BCUT2D eigenvalue weighted by Crippen LogP contribution is 2.38. The van der Waals surface area contributed by atoms with Crippen molar-refractivity contribution in [1.82, 2.24) is 0 Å². The number of halogens is 3. The molecule has 5 heteroatoms. The van der Waals surface area contributed by atoms with E-state index in [1.807, 2.05) is 26.8 Å². The molecule has 0 radical (unpaired) electrons. The Bertz CT molecular complexity index is 428. The van der Waals surface area contributed by atoms with Gasteiger partial charge >= 0.3 is 5.51 Å². The quantitative estimate of drug-likeness (QED) is 0.741. The van der Waals surface area contributed by atoms with Crippen molar-refractivity contribution < 1.29 is 13.2 Å². The van der Waals surface area contributed by atoms with Crippen molar-refractivity contribution in [2.24, 2.45) is 5.73 Å². The van der Waals surface area contributed by atoms with Crippen LogP contribution < -0.4 is 5.73 Å². The van der Waals surface area contributed by atoms with E-state index >= 15 is 0 Å². The molecule has 1 rings (SSSR count). The summed E-state index contributed by atoms with van der Waals surface area (Å²) in [5, 5.41) is 0. The summed E-state index contributed by atoms with van der Waals surface area (Å²) >= 11 is -0.0385. The molecule has 0 saturated carbocycles. The molecule has 1 aromatic carbocycles. The first-order chi connectivity index (χ1) is 9.17. The Morgan fingerprint density at radius 3 is 2.30 bits per heavy atom. The molecule has 0 aliphatic rings. The summed E-state index contributed by atoms with van der Waals surface area (Å²) in [6, 6.07) is 5.42. The topological polar surface area (TPSA) is 26.0 Å². The zero-order valence-electron chi connectivity index (χ0n) is 12.1. The van der Waals surface area contributed by atoms with E-state index in [1.54, 1.807) is 12.1 Å². The van der Waals surface area contributed by atoms with Gasteiger partial charge in [-0.25, -0.2) is 0 Å². The van der Waals surface area contributed by atoms with Gasteiger partial charge in [-0.3, -0.25) is 0 Å². The Kier molecular flexibility index (Phi) is 6.40. The lowest BCUT2D eigenvalue weighted by Gasteiger charge is -2.13. The van der Waals surface area contributed by atoms with E-state index in [4.69, 9.17) is 5.73 Å². The maximum absolute atomic E-state index is 12.5. The summed E-state index contributed by atoms with van der Waals surface area (Å²) in [5.74, 6) is 0.218. The van der Waals surface area contributed by atoms with Gasteiger partial charge in [0.2, 0.25) is 0 Å². The average Bonchev–Trinajstić information content (AvgIpc) is 2.25. The first-order valence-corrected chi connectivity index (χ1v) is 7.64. The first-order valence-electron chi connectivity index (χ1n) is 6.82. The third-order valence-corrected chi connectivity index (χ3v) is 3.72. The van der Waals surface area contributed by atoms with E-state index in [0.29, 0.717) is 0 Å². The van der Waals surface area contributed by atoms with Gasteiger partial charge in [-0.15, -0.1) is 0 Å². The number of thioether (sulfide) groups is 1. The number of hydrogen-bond donors (Lipinski definition) is 1. The Morgan fingerprint density at radius 1 is 1.15 bits per heavy atom. The number of benzene rings is 1. The summed E-state index contributed by atoms with van der Waals surface area (Å²) in [5.41, 5.74) is 3.37. The lowest BCUT2D eigenvalue weighted by atomic mass is 9.98. The van der Waals surface area contributed by atoms with E-state index in [0.717, 1.165) is 30.4 Å². The van der Waals surface area contributed by atoms with Crippen molar-refractivity contribution in [3.05, 3.63) is 29.3 Å². The van der Waals surface area contributed by atoms with Crippen LogP contribution in [0.25, 0.3) is 0 Å². The number of aryl methyl sites for hydroxylation is 1. The Morgan fingerprint density at radius 2 is 1.80 bits per heavy atom. The fourth-order valence-corrected chi connectivity index (χ4v) is 2.66. The third kappa shape index (κ3) is 6.66. The number of rotatable bonds is 6. The maximum Gasteiger partial charge on any atom is 0.446 e. The molecule has 0 spiro atoms. The molecule has 114 valence electrons. The van der Waals surface area contributed by atoms with Crippen LogP contribution in [0.5, 0.6) is 0 Å². The van der Waals surface area contributed by atoms with Gasteiger partial charge in [-0.1, -0.05) is 19.9 Å². The van der Waals surface area contributed by atoms with Crippen molar-refractivity contribution in [2.45, 2.75) is 62.4 Å². The molecule has 1 nitrogen and oxygen atoms in total. The summed E-state index contributed by atoms with van der Waals surface area (Å²) < 4.78 is 37.5. The molecule has 20 heavy (non-hydrogen) atoms. The van der Waals surface area contributed by atoms with Crippen molar-refractivity contribution >= 4 is 11.8 Å². The minimum atomic E-state index is -4.24. The van der Waals surface area contributed by atoms with Crippen molar-refractivity contribution in [3.8, 4) is 0 Å². The van der Waals surface area contributed by atoms with E-state index in [-0.39, 0.29) is 28.6 Å². The van der Waals surface area contributed by atoms with Gasteiger partial charge in [-0.05, 0) is 67.1 Å². The molecule has 0 fully saturated rings. The SMILES string of the molecule is CC(C)c1cc(CCC[C@H](C)N)cc(SC(F)(F)F)c1. The molecular formula is C15H22F3NS. The van der Waals surface area contributed by atoms with Crippen molar-refractivity contribution in [2.75, 3.05) is 0 Å².